The van der Waals surface area contributed by atoms with Crippen LogP contribution in [0.5, 0.6) is 0 Å². The third-order valence-electron chi connectivity index (χ3n) is 3.91. The van der Waals surface area contributed by atoms with Crippen molar-refractivity contribution in [3.05, 3.63) is 47.0 Å². The standard InChI is InChI=1S/C19H30N2/c1-16-6-5-13-21(14-16)15-18-9-7-17(8-10-18)11-12-20-19(2,3)4/h6-10,20H,5,11-15H2,1-4H3. The van der Waals surface area contributed by atoms with Crippen LogP contribution in [0.2, 0.25) is 0 Å². The molecule has 0 aromatic heterocycles. The van der Waals surface area contributed by atoms with Gasteiger partial charge in [-0.1, -0.05) is 35.9 Å². The molecule has 0 atom stereocenters. The molecule has 1 aliphatic heterocycles. The molecule has 0 radical (unpaired) electrons. The molecular formula is C19H30N2. The highest BCUT2D eigenvalue weighted by Gasteiger charge is 2.10. The van der Waals surface area contributed by atoms with Crippen LogP contribution in [-0.4, -0.2) is 30.1 Å². The summed E-state index contributed by atoms with van der Waals surface area (Å²) in [6.07, 6.45) is 4.66. The van der Waals surface area contributed by atoms with Crippen molar-refractivity contribution in [2.75, 3.05) is 19.6 Å². The normalized spacial score (nSPS) is 16.9. The van der Waals surface area contributed by atoms with Crippen molar-refractivity contribution >= 4 is 0 Å². The van der Waals surface area contributed by atoms with Crippen molar-refractivity contribution in [3.63, 3.8) is 0 Å². The quantitative estimate of drug-likeness (QED) is 0.829. The fraction of sp³-hybridized carbons (Fsp3) is 0.579. The maximum absolute atomic E-state index is 3.54. The van der Waals surface area contributed by atoms with Gasteiger partial charge in [-0.05, 0) is 58.2 Å². The van der Waals surface area contributed by atoms with E-state index >= 15 is 0 Å². The largest absolute Gasteiger partial charge is 0.312 e. The van der Waals surface area contributed by atoms with E-state index in [2.05, 4.69) is 68.3 Å². The van der Waals surface area contributed by atoms with E-state index in [0.717, 1.165) is 26.1 Å². The van der Waals surface area contributed by atoms with Gasteiger partial charge in [0.05, 0.1) is 0 Å². The van der Waals surface area contributed by atoms with E-state index in [0.29, 0.717) is 0 Å². The summed E-state index contributed by atoms with van der Waals surface area (Å²) in [5.41, 5.74) is 4.56. The predicted octanol–water partition coefficient (Wildman–Crippen LogP) is 3.77. The second-order valence-corrected chi connectivity index (χ2v) is 7.29. The van der Waals surface area contributed by atoms with E-state index in [1.807, 2.05) is 0 Å². The highest BCUT2D eigenvalue weighted by atomic mass is 15.1. The number of benzene rings is 1. The Morgan fingerprint density at radius 3 is 2.38 bits per heavy atom. The molecule has 0 bridgehead atoms. The molecule has 116 valence electrons. The van der Waals surface area contributed by atoms with Crippen LogP contribution in [0.4, 0.5) is 0 Å². The van der Waals surface area contributed by atoms with Crippen LogP contribution in [0.3, 0.4) is 0 Å². The molecule has 0 aliphatic carbocycles. The fourth-order valence-corrected chi connectivity index (χ4v) is 2.78. The summed E-state index contributed by atoms with van der Waals surface area (Å²) < 4.78 is 0. The molecule has 0 saturated heterocycles. The minimum Gasteiger partial charge on any atom is -0.312 e. The Kier molecular flexibility index (Phi) is 5.60. The van der Waals surface area contributed by atoms with Gasteiger partial charge in [0.1, 0.15) is 0 Å². The number of hydrogen-bond acceptors (Lipinski definition) is 2. The zero-order valence-corrected chi connectivity index (χ0v) is 14.1. The Morgan fingerprint density at radius 2 is 1.76 bits per heavy atom. The molecule has 2 rings (SSSR count). The molecule has 0 amide bonds. The van der Waals surface area contributed by atoms with E-state index in [-0.39, 0.29) is 5.54 Å². The SMILES string of the molecule is CC1=CCCN(Cc2ccc(CCNC(C)(C)C)cc2)C1. The minimum atomic E-state index is 0.208. The highest BCUT2D eigenvalue weighted by Crippen LogP contribution is 2.14. The van der Waals surface area contributed by atoms with Crippen molar-refractivity contribution < 1.29 is 0 Å². The molecule has 0 fully saturated rings. The molecule has 1 aromatic rings. The number of nitrogens with one attached hydrogen (secondary N) is 1. The average Bonchev–Trinajstić information content (AvgIpc) is 2.39. The van der Waals surface area contributed by atoms with Crippen molar-refractivity contribution in [3.8, 4) is 0 Å². The van der Waals surface area contributed by atoms with E-state index in [1.54, 1.807) is 0 Å². The first kappa shape index (κ1) is 16.3. The summed E-state index contributed by atoms with van der Waals surface area (Å²) in [6, 6.07) is 9.15. The molecule has 1 heterocycles. The summed E-state index contributed by atoms with van der Waals surface area (Å²) >= 11 is 0. The van der Waals surface area contributed by atoms with E-state index < -0.39 is 0 Å². The monoisotopic (exact) mass is 286 g/mol. The van der Waals surface area contributed by atoms with Gasteiger partial charge in [-0.3, -0.25) is 4.90 Å². The zero-order chi connectivity index (χ0) is 15.3. The number of hydrogen-bond donors (Lipinski definition) is 1. The number of nitrogens with zero attached hydrogens (tertiary/aromatic N) is 1. The van der Waals surface area contributed by atoms with Gasteiger partial charge < -0.3 is 5.32 Å². The van der Waals surface area contributed by atoms with Crippen LogP contribution in [-0.2, 0) is 13.0 Å². The fourth-order valence-electron chi connectivity index (χ4n) is 2.78. The smallest absolute Gasteiger partial charge is 0.0237 e. The summed E-state index contributed by atoms with van der Waals surface area (Å²) in [7, 11) is 0. The lowest BCUT2D eigenvalue weighted by Crippen LogP contribution is -2.37. The van der Waals surface area contributed by atoms with Gasteiger partial charge in [0.25, 0.3) is 0 Å². The average molecular weight is 286 g/mol. The van der Waals surface area contributed by atoms with Gasteiger partial charge in [0, 0.05) is 25.2 Å². The molecule has 1 aliphatic rings. The lowest BCUT2D eigenvalue weighted by Gasteiger charge is -2.26. The summed E-state index contributed by atoms with van der Waals surface area (Å²) in [5.74, 6) is 0. The van der Waals surface area contributed by atoms with Gasteiger partial charge in [-0.15, -0.1) is 0 Å². The molecule has 1 N–H and O–H groups in total. The lowest BCUT2D eigenvalue weighted by molar-refractivity contribution is 0.282. The molecule has 21 heavy (non-hydrogen) atoms. The van der Waals surface area contributed by atoms with Crippen LogP contribution in [0.15, 0.2) is 35.9 Å². The third kappa shape index (κ3) is 6.03. The Labute approximate surface area is 130 Å². The minimum absolute atomic E-state index is 0.208. The van der Waals surface area contributed by atoms with Gasteiger partial charge in [-0.2, -0.15) is 0 Å². The second kappa shape index (κ2) is 7.24. The van der Waals surface area contributed by atoms with E-state index in [9.17, 15) is 0 Å². The Balaban J connectivity index is 1.80. The molecule has 0 unspecified atom stereocenters. The summed E-state index contributed by atoms with van der Waals surface area (Å²) in [6.45, 7) is 13.3. The van der Waals surface area contributed by atoms with Gasteiger partial charge in [0.2, 0.25) is 0 Å². The Morgan fingerprint density at radius 1 is 1.10 bits per heavy atom. The molecular weight excluding hydrogens is 256 g/mol. The summed E-state index contributed by atoms with van der Waals surface area (Å²) in [5, 5.41) is 3.54. The topological polar surface area (TPSA) is 15.3 Å². The predicted molar refractivity (Wildman–Crippen MR) is 91.6 cm³/mol. The van der Waals surface area contributed by atoms with Crippen molar-refractivity contribution in [1.82, 2.24) is 10.2 Å². The van der Waals surface area contributed by atoms with Gasteiger partial charge >= 0.3 is 0 Å². The van der Waals surface area contributed by atoms with E-state index in [4.69, 9.17) is 0 Å². The molecule has 2 heteroatoms. The lowest BCUT2D eigenvalue weighted by atomic mass is 10.1. The van der Waals surface area contributed by atoms with Crippen molar-refractivity contribution in [2.45, 2.75) is 52.6 Å². The first-order chi connectivity index (χ1) is 9.92. The van der Waals surface area contributed by atoms with Gasteiger partial charge in [-0.25, -0.2) is 0 Å². The first-order valence-corrected chi connectivity index (χ1v) is 8.13. The zero-order valence-electron chi connectivity index (χ0n) is 14.1. The van der Waals surface area contributed by atoms with Crippen LogP contribution in [0.1, 0.15) is 45.2 Å². The second-order valence-electron chi connectivity index (χ2n) is 7.29. The van der Waals surface area contributed by atoms with Crippen LogP contribution in [0, 0.1) is 0 Å². The summed E-state index contributed by atoms with van der Waals surface area (Å²) in [4.78, 5) is 2.53. The van der Waals surface area contributed by atoms with Crippen LogP contribution >= 0.6 is 0 Å². The first-order valence-electron chi connectivity index (χ1n) is 8.13. The van der Waals surface area contributed by atoms with Crippen LogP contribution in [0.25, 0.3) is 0 Å². The van der Waals surface area contributed by atoms with Crippen molar-refractivity contribution in [1.29, 1.82) is 0 Å². The Hall–Kier alpha value is -1.12. The molecule has 1 aromatic carbocycles. The molecule has 0 spiro atoms. The third-order valence-corrected chi connectivity index (χ3v) is 3.91. The highest BCUT2D eigenvalue weighted by molar-refractivity contribution is 5.23. The number of rotatable bonds is 5. The Bertz CT molecular complexity index is 465. The molecule has 2 nitrogen and oxygen atoms in total. The molecule has 0 saturated carbocycles. The van der Waals surface area contributed by atoms with E-state index in [1.165, 1.54) is 29.7 Å². The van der Waals surface area contributed by atoms with Crippen molar-refractivity contribution in [2.24, 2.45) is 0 Å². The maximum atomic E-state index is 3.54. The van der Waals surface area contributed by atoms with Gasteiger partial charge in [0.15, 0.2) is 0 Å². The van der Waals surface area contributed by atoms with Crippen LogP contribution < -0.4 is 5.32 Å². The maximum Gasteiger partial charge on any atom is 0.0237 e.